The first-order valence-corrected chi connectivity index (χ1v) is 8.39. The predicted molar refractivity (Wildman–Crippen MR) is 86.1 cm³/mol. The Bertz CT molecular complexity index is 569. The highest BCUT2D eigenvalue weighted by atomic mass is 32.2. The zero-order chi connectivity index (χ0) is 16.2. The molecule has 6 heteroatoms. The smallest absolute Gasteiger partial charge is 0.347 e. The second-order valence-corrected chi connectivity index (χ2v) is 6.75. The Morgan fingerprint density at radius 3 is 2.52 bits per heavy atom. The van der Waals surface area contributed by atoms with Gasteiger partial charge in [-0.15, -0.1) is 0 Å². The van der Waals surface area contributed by atoms with Crippen molar-refractivity contribution in [3.05, 3.63) is 27.4 Å². The molecule has 0 spiro atoms. The maximum Gasteiger partial charge on any atom is 0.347 e. The van der Waals surface area contributed by atoms with Gasteiger partial charge in [0.1, 0.15) is 0 Å². The van der Waals surface area contributed by atoms with Crippen LogP contribution in [0.25, 0.3) is 0 Å². The second-order valence-electron chi connectivity index (χ2n) is 5.47. The van der Waals surface area contributed by atoms with Gasteiger partial charge < -0.3 is 5.11 Å². The van der Waals surface area contributed by atoms with E-state index in [0.29, 0.717) is 23.9 Å². The van der Waals surface area contributed by atoms with Crippen molar-refractivity contribution in [3.8, 4) is 0 Å². The van der Waals surface area contributed by atoms with Gasteiger partial charge in [0.2, 0.25) is 0 Å². The summed E-state index contributed by atoms with van der Waals surface area (Å²) in [6.45, 7) is 8.07. The van der Waals surface area contributed by atoms with Crippen LogP contribution in [0, 0.1) is 19.8 Å². The van der Waals surface area contributed by atoms with E-state index in [4.69, 9.17) is 5.11 Å². The number of aliphatic carboxylic acids is 1. The van der Waals surface area contributed by atoms with E-state index in [1.165, 1.54) is 0 Å². The molecule has 5 nitrogen and oxygen atoms in total. The summed E-state index contributed by atoms with van der Waals surface area (Å²) in [4.78, 5) is 27.2. The molecule has 0 radical (unpaired) electrons. The van der Waals surface area contributed by atoms with E-state index in [1.807, 2.05) is 13.2 Å². The largest absolute Gasteiger partial charge is 0.481 e. The molecule has 0 bridgehead atoms. The first-order chi connectivity index (χ1) is 9.77. The van der Waals surface area contributed by atoms with Crippen LogP contribution >= 0.6 is 11.8 Å². The van der Waals surface area contributed by atoms with Gasteiger partial charge in [-0.25, -0.2) is 4.79 Å². The van der Waals surface area contributed by atoms with Gasteiger partial charge in [-0.3, -0.25) is 9.36 Å². The molecule has 0 aliphatic heterocycles. The quantitative estimate of drug-likeness (QED) is 0.836. The molecule has 118 valence electrons. The summed E-state index contributed by atoms with van der Waals surface area (Å²) < 4.78 is 1.67. The average molecular weight is 312 g/mol. The van der Waals surface area contributed by atoms with E-state index in [2.05, 4.69) is 11.9 Å². The lowest BCUT2D eigenvalue weighted by Crippen LogP contribution is -2.29. The highest BCUT2D eigenvalue weighted by Gasteiger charge is 2.18. The lowest BCUT2D eigenvalue weighted by molar-refractivity contribution is -0.141. The van der Waals surface area contributed by atoms with Crippen LogP contribution in [0.15, 0.2) is 4.79 Å². The lowest BCUT2D eigenvalue weighted by atomic mass is 9.99. The molecule has 1 heterocycles. The maximum atomic E-state index is 12.1. The number of aromatic nitrogens is 2. The molecule has 0 fully saturated rings. The number of hydrogen-bond acceptors (Lipinski definition) is 4. The van der Waals surface area contributed by atoms with Gasteiger partial charge in [0.15, 0.2) is 0 Å². The van der Waals surface area contributed by atoms with Crippen LogP contribution in [0.1, 0.15) is 37.2 Å². The first-order valence-electron chi connectivity index (χ1n) is 7.10. The van der Waals surface area contributed by atoms with E-state index in [-0.39, 0.29) is 5.69 Å². The summed E-state index contributed by atoms with van der Waals surface area (Å²) in [5, 5.41) is 9.54. The number of carbonyl (C=O) groups is 1. The fourth-order valence-electron chi connectivity index (χ4n) is 2.22. The van der Waals surface area contributed by atoms with E-state index in [1.54, 1.807) is 30.2 Å². The minimum Gasteiger partial charge on any atom is -0.481 e. The van der Waals surface area contributed by atoms with Gasteiger partial charge in [-0.05, 0) is 38.5 Å². The summed E-state index contributed by atoms with van der Waals surface area (Å²) in [6, 6.07) is 0. The molecule has 1 aromatic rings. The predicted octanol–water partition coefficient (Wildman–Crippen LogP) is 2.26. The van der Waals surface area contributed by atoms with Gasteiger partial charge >= 0.3 is 11.7 Å². The monoisotopic (exact) mass is 312 g/mol. The zero-order valence-corrected chi connectivity index (χ0v) is 14.2. The molecule has 1 N–H and O–H groups in total. The van der Waals surface area contributed by atoms with Gasteiger partial charge in [-0.1, -0.05) is 13.8 Å². The first kappa shape index (κ1) is 17.8. The molecule has 1 rings (SSSR count). The Morgan fingerprint density at radius 2 is 2.00 bits per heavy atom. The Labute approximate surface area is 129 Å². The van der Waals surface area contributed by atoms with E-state index < -0.39 is 11.9 Å². The Kier molecular flexibility index (Phi) is 6.45. The van der Waals surface area contributed by atoms with Gasteiger partial charge in [0, 0.05) is 23.2 Å². The summed E-state index contributed by atoms with van der Waals surface area (Å²) in [6.07, 6.45) is 3.34. The Morgan fingerprint density at radius 1 is 1.38 bits per heavy atom. The average Bonchev–Trinajstić information content (AvgIpc) is 2.42. The summed E-state index contributed by atoms with van der Waals surface area (Å²) in [5.41, 5.74) is 2.11. The van der Waals surface area contributed by atoms with E-state index in [0.717, 1.165) is 17.7 Å². The molecule has 0 aliphatic carbocycles. The third-order valence-corrected chi connectivity index (χ3v) is 4.91. The van der Waals surface area contributed by atoms with Crippen LogP contribution in [0.3, 0.4) is 0 Å². The fraction of sp³-hybridized carbons (Fsp3) is 0.667. The lowest BCUT2D eigenvalue weighted by Gasteiger charge is -2.18. The molecule has 0 saturated carbocycles. The SMILES string of the molecule is CSC(C)CCn1c(C)c(CC(C)C(=O)O)c(C)nc1=O. The molecular weight excluding hydrogens is 288 g/mol. The molecular formula is C15H24N2O3S. The Balaban J connectivity index is 3.10. The number of thioether (sulfide) groups is 1. The summed E-state index contributed by atoms with van der Waals surface area (Å²) in [5.74, 6) is -1.32. The Hall–Kier alpha value is -1.30. The number of carboxylic acid groups (broad SMARTS) is 1. The molecule has 2 unspecified atom stereocenters. The molecule has 0 aromatic carbocycles. The van der Waals surface area contributed by atoms with E-state index >= 15 is 0 Å². The van der Waals surface area contributed by atoms with Crippen molar-refractivity contribution in [3.63, 3.8) is 0 Å². The number of rotatable bonds is 7. The molecule has 0 aliphatic rings. The molecule has 0 amide bonds. The van der Waals surface area contributed by atoms with Gasteiger partial charge in [0.25, 0.3) is 0 Å². The normalized spacial score (nSPS) is 14.0. The molecule has 0 saturated heterocycles. The topological polar surface area (TPSA) is 72.2 Å². The van der Waals surface area contributed by atoms with Crippen LogP contribution in [-0.4, -0.2) is 32.1 Å². The minimum absolute atomic E-state index is 0.245. The molecule has 21 heavy (non-hydrogen) atoms. The highest BCUT2D eigenvalue weighted by molar-refractivity contribution is 7.99. The van der Waals surface area contributed by atoms with Crippen LogP contribution in [0.4, 0.5) is 0 Å². The fourth-order valence-corrected chi connectivity index (χ4v) is 2.56. The van der Waals surface area contributed by atoms with Crippen molar-refractivity contribution < 1.29 is 9.90 Å². The van der Waals surface area contributed by atoms with Crippen molar-refractivity contribution >= 4 is 17.7 Å². The maximum absolute atomic E-state index is 12.1. The van der Waals surface area contributed by atoms with Crippen LogP contribution in [0.2, 0.25) is 0 Å². The third kappa shape index (κ3) is 4.59. The number of carboxylic acids is 1. The number of aryl methyl sites for hydroxylation is 1. The van der Waals surface area contributed by atoms with Gasteiger partial charge in [-0.2, -0.15) is 16.7 Å². The van der Waals surface area contributed by atoms with Gasteiger partial charge in [0.05, 0.1) is 5.92 Å². The van der Waals surface area contributed by atoms with Crippen molar-refractivity contribution in [1.29, 1.82) is 0 Å². The zero-order valence-electron chi connectivity index (χ0n) is 13.3. The van der Waals surface area contributed by atoms with E-state index in [9.17, 15) is 9.59 Å². The summed E-state index contributed by atoms with van der Waals surface area (Å²) in [7, 11) is 0. The van der Waals surface area contributed by atoms with Crippen LogP contribution in [-0.2, 0) is 17.8 Å². The van der Waals surface area contributed by atoms with Crippen molar-refractivity contribution in [2.75, 3.05) is 6.26 Å². The highest BCUT2D eigenvalue weighted by Crippen LogP contribution is 2.17. The van der Waals surface area contributed by atoms with Crippen LogP contribution in [0.5, 0.6) is 0 Å². The van der Waals surface area contributed by atoms with Crippen LogP contribution < -0.4 is 5.69 Å². The standard InChI is InChI=1S/C15H24N2O3S/c1-9(14(18)19)8-13-11(3)16-15(20)17(12(13)4)7-6-10(2)21-5/h9-10H,6-8H2,1-5H3,(H,18,19). The second kappa shape index (κ2) is 7.64. The molecule has 2 atom stereocenters. The molecule has 1 aromatic heterocycles. The van der Waals surface area contributed by atoms with Crippen molar-refractivity contribution in [2.45, 2.75) is 52.3 Å². The number of hydrogen-bond donors (Lipinski definition) is 1. The van der Waals surface area contributed by atoms with Crippen molar-refractivity contribution in [2.24, 2.45) is 5.92 Å². The summed E-state index contributed by atoms with van der Waals surface area (Å²) >= 11 is 1.76. The van der Waals surface area contributed by atoms with Crippen molar-refractivity contribution in [1.82, 2.24) is 9.55 Å². The minimum atomic E-state index is -0.831. The third-order valence-electron chi connectivity index (χ3n) is 3.87. The number of nitrogens with zero attached hydrogens (tertiary/aromatic N) is 2.